The first-order chi connectivity index (χ1) is 6.97. The smallest absolute Gasteiger partial charge is 0.214 e. The van der Waals surface area contributed by atoms with Crippen molar-refractivity contribution in [2.75, 3.05) is 32.9 Å². The Morgan fingerprint density at radius 1 is 1.47 bits per heavy atom. The van der Waals surface area contributed by atoms with Crippen LogP contribution in [0.15, 0.2) is 0 Å². The first kappa shape index (κ1) is 12.9. The van der Waals surface area contributed by atoms with Gasteiger partial charge >= 0.3 is 0 Å². The summed E-state index contributed by atoms with van der Waals surface area (Å²) in [5.74, 6) is 0.268. The fraction of sp³-hybridized carbons (Fsp3) is 1.00. The Bertz CT molecular complexity index is 290. The molecular weight excluding hydrogens is 212 g/mol. The summed E-state index contributed by atoms with van der Waals surface area (Å²) in [4.78, 5) is 2.20. The van der Waals surface area contributed by atoms with Crippen molar-refractivity contribution in [2.45, 2.75) is 32.2 Å². The number of likely N-dealkylation sites (tertiary alicyclic amines) is 1. The third-order valence-electron chi connectivity index (χ3n) is 3.01. The molecule has 1 aliphatic heterocycles. The van der Waals surface area contributed by atoms with Gasteiger partial charge in [0.2, 0.25) is 10.0 Å². The first-order valence-electron chi connectivity index (χ1n) is 5.61. The van der Waals surface area contributed by atoms with Crippen molar-refractivity contribution in [3.8, 4) is 0 Å². The molecule has 0 amide bonds. The van der Waals surface area contributed by atoms with E-state index >= 15 is 0 Å². The molecule has 1 atom stereocenters. The molecule has 0 N–H and O–H groups in total. The number of hydrogen-bond donors (Lipinski definition) is 0. The molecular formula is C10H22N2O2S. The van der Waals surface area contributed by atoms with E-state index in [-0.39, 0.29) is 11.8 Å². The lowest BCUT2D eigenvalue weighted by molar-refractivity contribution is 0.187. The van der Waals surface area contributed by atoms with E-state index in [1.54, 1.807) is 11.4 Å². The van der Waals surface area contributed by atoms with Crippen LogP contribution in [0.3, 0.4) is 0 Å². The maximum absolute atomic E-state index is 11.8. The molecule has 0 aliphatic carbocycles. The monoisotopic (exact) mass is 234 g/mol. The van der Waals surface area contributed by atoms with E-state index in [2.05, 4.69) is 4.90 Å². The highest BCUT2D eigenvalue weighted by atomic mass is 32.2. The van der Waals surface area contributed by atoms with Crippen LogP contribution >= 0.6 is 0 Å². The molecule has 0 bridgehead atoms. The molecule has 0 aromatic carbocycles. The number of rotatable bonds is 4. The van der Waals surface area contributed by atoms with E-state index in [1.807, 2.05) is 14.0 Å². The highest BCUT2D eigenvalue weighted by molar-refractivity contribution is 7.89. The summed E-state index contributed by atoms with van der Waals surface area (Å²) in [7, 11) is 0.738. The van der Waals surface area contributed by atoms with Crippen LogP contribution in [0, 0.1) is 0 Å². The van der Waals surface area contributed by atoms with Crippen LogP contribution in [-0.2, 0) is 10.0 Å². The van der Waals surface area contributed by atoms with Gasteiger partial charge in [0.25, 0.3) is 0 Å². The molecule has 90 valence electrons. The SMILES string of the molecule is CCCS(=O)(=O)N(C)C1CCCN(C)C1. The lowest BCUT2D eigenvalue weighted by Crippen LogP contribution is -2.47. The molecule has 1 unspecified atom stereocenters. The van der Waals surface area contributed by atoms with Crippen LogP contribution in [0.1, 0.15) is 26.2 Å². The number of hydrogen-bond acceptors (Lipinski definition) is 3. The maximum Gasteiger partial charge on any atom is 0.214 e. The predicted octanol–water partition coefficient (Wildman–Crippen LogP) is 0.752. The summed E-state index contributed by atoms with van der Waals surface area (Å²) in [6.45, 7) is 3.84. The molecule has 0 aromatic rings. The minimum absolute atomic E-state index is 0.167. The van der Waals surface area contributed by atoms with Crippen molar-refractivity contribution in [3.05, 3.63) is 0 Å². The van der Waals surface area contributed by atoms with E-state index < -0.39 is 10.0 Å². The molecule has 1 fully saturated rings. The van der Waals surface area contributed by atoms with Gasteiger partial charge in [0.1, 0.15) is 0 Å². The molecule has 0 radical (unpaired) electrons. The van der Waals surface area contributed by atoms with Crippen LogP contribution in [0.5, 0.6) is 0 Å². The Morgan fingerprint density at radius 3 is 2.67 bits per heavy atom. The maximum atomic E-state index is 11.8. The average Bonchev–Trinajstić information content (AvgIpc) is 2.16. The minimum Gasteiger partial charge on any atom is -0.305 e. The Balaban J connectivity index is 2.62. The molecule has 5 heteroatoms. The van der Waals surface area contributed by atoms with Gasteiger partial charge < -0.3 is 4.90 Å². The van der Waals surface area contributed by atoms with Crippen molar-refractivity contribution in [2.24, 2.45) is 0 Å². The van der Waals surface area contributed by atoms with Crippen LogP contribution < -0.4 is 0 Å². The summed E-state index contributed by atoms with van der Waals surface area (Å²) >= 11 is 0. The van der Waals surface area contributed by atoms with E-state index in [1.165, 1.54) is 0 Å². The lowest BCUT2D eigenvalue weighted by atomic mass is 10.1. The second-order valence-corrected chi connectivity index (χ2v) is 6.54. The predicted molar refractivity (Wildman–Crippen MR) is 62.4 cm³/mol. The zero-order valence-electron chi connectivity index (χ0n) is 9.94. The van der Waals surface area contributed by atoms with Gasteiger partial charge in [-0.3, -0.25) is 0 Å². The molecule has 1 aliphatic rings. The van der Waals surface area contributed by atoms with Gasteiger partial charge in [-0.1, -0.05) is 6.92 Å². The molecule has 1 heterocycles. The number of piperidine rings is 1. The van der Waals surface area contributed by atoms with E-state index in [0.717, 1.165) is 25.9 Å². The highest BCUT2D eigenvalue weighted by Gasteiger charge is 2.28. The average molecular weight is 234 g/mol. The molecule has 0 spiro atoms. The summed E-state index contributed by atoms with van der Waals surface area (Å²) in [6.07, 6.45) is 2.77. The van der Waals surface area contributed by atoms with E-state index in [4.69, 9.17) is 0 Å². The summed E-state index contributed by atoms with van der Waals surface area (Å²) < 4.78 is 25.3. The fourth-order valence-electron chi connectivity index (χ4n) is 2.07. The topological polar surface area (TPSA) is 40.6 Å². The van der Waals surface area contributed by atoms with Crippen LogP contribution in [0.2, 0.25) is 0 Å². The van der Waals surface area contributed by atoms with Crippen molar-refractivity contribution < 1.29 is 8.42 Å². The Kier molecular flexibility index (Phi) is 4.55. The zero-order chi connectivity index (χ0) is 11.5. The van der Waals surface area contributed by atoms with Crippen molar-refractivity contribution in [3.63, 3.8) is 0 Å². The molecule has 1 rings (SSSR count). The molecule has 4 nitrogen and oxygen atoms in total. The van der Waals surface area contributed by atoms with Crippen LogP contribution in [0.4, 0.5) is 0 Å². The third-order valence-corrected chi connectivity index (χ3v) is 5.11. The van der Waals surface area contributed by atoms with Crippen LogP contribution in [0.25, 0.3) is 0 Å². The standard InChI is InChI=1S/C10H22N2O2S/c1-4-8-15(13,14)12(3)10-6-5-7-11(2)9-10/h10H,4-9H2,1-3H3. The number of likely N-dealkylation sites (N-methyl/N-ethyl adjacent to an activating group) is 2. The van der Waals surface area contributed by atoms with Gasteiger partial charge in [0.05, 0.1) is 5.75 Å². The third kappa shape index (κ3) is 3.43. The van der Waals surface area contributed by atoms with Gasteiger partial charge in [0.15, 0.2) is 0 Å². The van der Waals surface area contributed by atoms with Crippen molar-refractivity contribution in [1.29, 1.82) is 0 Å². The van der Waals surface area contributed by atoms with Gasteiger partial charge in [-0.05, 0) is 32.9 Å². The molecule has 0 aromatic heterocycles. The quantitative estimate of drug-likeness (QED) is 0.721. The largest absolute Gasteiger partial charge is 0.305 e. The molecule has 15 heavy (non-hydrogen) atoms. The zero-order valence-corrected chi connectivity index (χ0v) is 10.8. The van der Waals surface area contributed by atoms with Crippen molar-refractivity contribution in [1.82, 2.24) is 9.21 Å². The Morgan fingerprint density at radius 2 is 2.13 bits per heavy atom. The normalized spacial score (nSPS) is 24.7. The summed E-state index contributed by atoms with van der Waals surface area (Å²) in [5, 5.41) is 0. The number of sulfonamides is 1. The van der Waals surface area contributed by atoms with Gasteiger partial charge in [-0.2, -0.15) is 0 Å². The Hall–Kier alpha value is -0.130. The van der Waals surface area contributed by atoms with E-state index in [0.29, 0.717) is 6.42 Å². The fourth-order valence-corrected chi connectivity index (χ4v) is 3.50. The van der Waals surface area contributed by atoms with Crippen molar-refractivity contribution >= 4 is 10.0 Å². The van der Waals surface area contributed by atoms with Gasteiger partial charge in [0, 0.05) is 19.6 Å². The Labute approximate surface area is 93.3 Å². The van der Waals surface area contributed by atoms with E-state index in [9.17, 15) is 8.42 Å². The second-order valence-electron chi connectivity index (χ2n) is 4.39. The first-order valence-corrected chi connectivity index (χ1v) is 7.22. The van der Waals surface area contributed by atoms with Gasteiger partial charge in [-0.15, -0.1) is 0 Å². The van der Waals surface area contributed by atoms with Crippen LogP contribution in [-0.4, -0.2) is 56.6 Å². The molecule has 0 saturated carbocycles. The minimum atomic E-state index is -3.03. The molecule has 1 saturated heterocycles. The number of nitrogens with zero attached hydrogens (tertiary/aromatic N) is 2. The second kappa shape index (κ2) is 5.27. The summed E-state index contributed by atoms with van der Waals surface area (Å²) in [6, 6.07) is 0.167. The highest BCUT2D eigenvalue weighted by Crippen LogP contribution is 2.16. The van der Waals surface area contributed by atoms with Gasteiger partial charge in [-0.25, -0.2) is 12.7 Å². The lowest BCUT2D eigenvalue weighted by Gasteiger charge is -2.35. The summed E-state index contributed by atoms with van der Waals surface area (Å²) in [5.41, 5.74) is 0.